The van der Waals surface area contributed by atoms with E-state index in [1.54, 1.807) is 12.1 Å². The topological polar surface area (TPSA) is 22.1 Å². The molecule has 162 valence electrons. The molecule has 2 heterocycles. The minimum absolute atomic E-state index is 0.0220. The molecule has 1 aromatic heterocycles. The monoisotopic (exact) mass is 421 g/mol. The third kappa shape index (κ3) is 4.69. The van der Waals surface area contributed by atoms with Gasteiger partial charge in [0.1, 0.15) is 0 Å². The van der Waals surface area contributed by atoms with Gasteiger partial charge in [0.15, 0.2) is 11.6 Å². The van der Waals surface area contributed by atoms with Crippen LogP contribution in [-0.2, 0) is 17.6 Å². The van der Waals surface area contributed by atoms with E-state index in [4.69, 9.17) is 4.74 Å². The van der Waals surface area contributed by atoms with Gasteiger partial charge in [0.05, 0.1) is 12.7 Å². The first-order valence-electron chi connectivity index (χ1n) is 11.2. The number of nitrogens with zero attached hydrogens (tertiary/aromatic N) is 1. The van der Waals surface area contributed by atoms with Gasteiger partial charge in [-0.3, -0.25) is 4.98 Å². The third-order valence-electron chi connectivity index (χ3n) is 6.22. The summed E-state index contributed by atoms with van der Waals surface area (Å²) >= 11 is 0. The number of rotatable bonds is 6. The second kappa shape index (κ2) is 9.69. The fourth-order valence-electron chi connectivity index (χ4n) is 4.32. The molecule has 1 aliphatic heterocycles. The smallest absolute Gasteiger partial charge is 0.166 e. The largest absolute Gasteiger partial charge is 0.373 e. The van der Waals surface area contributed by atoms with E-state index >= 15 is 0 Å². The maximum Gasteiger partial charge on any atom is 0.166 e. The van der Waals surface area contributed by atoms with Crippen LogP contribution in [0.25, 0.3) is 11.1 Å². The van der Waals surface area contributed by atoms with E-state index in [-0.39, 0.29) is 6.10 Å². The van der Waals surface area contributed by atoms with Gasteiger partial charge in [-0.25, -0.2) is 8.78 Å². The Hall–Kier alpha value is -2.59. The molecular formula is C27H29F2NO. The van der Waals surface area contributed by atoms with E-state index in [9.17, 15) is 8.78 Å². The van der Waals surface area contributed by atoms with Crippen LogP contribution in [0.3, 0.4) is 0 Å². The van der Waals surface area contributed by atoms with Gasteiger partial charge < -0.3 is 4.74 Å². The molecule has 0 bridgehead atoms. The average Bonchev–Trinajstić information content (AvgIpc) is 2.82. The van der Waals surface area contributed by atoms with Gasteiger partial charge >= 0.3 is 0 Å². The van der Waals surface area contributed by atoms with Crippen LogP contribution in [0.1, 0.15) is 67.5 Å². The molecule has 0 aliphatic carbocycles. The zero-order chi connectivity index (χ0) is 21.8. The van der Waals surface area contributed by atoms with Crippen LogP contribution in [0.4, 0.5) is 8.78 Å². The number of benzene rings is 2. The molecule has 0 radical (unpaired) electrons. The van der Waals surface area contributed by atoms with Gasteiger partial charge in [-0.1, -0.05) is 62.7 Å². The second-order valence-electron chi connectivity index (χ2n) is 8.31. The third-order valence-corrected chi connectivity index (χ3v) is 6.22. The number of aryl methyl sites for hydroxylation is 2. The Labute approximate surface area is 183 Å². The lowest BCUT2D eigenvalue weighted by Crippen LogP contribution is -2.20. The van der Waals surface area contributed by atoms with Crippen molar-refractivity contribution in [3.63, 3.8) is 0 Å². The number of pyridine rings is 1. The van der Waals surface area contributed by atoms with Gasteiger partial charge in [-0.2, -0.15) is 0 Å². The van der Waals surface area contributed by atoms with E-state index in [0.717, 1.165) is 36.9 Å². The van der Waals surface area contributed by atoms with Gasteiger partial charge in [0.25, 0.3) is 0 Å². The summed E-state index contributed by atoms with van der Waals surface area (Å²) in [4.78, 5) is 4.65. The van der Waals surface area contributed by atoms with Crippen molar-refractivity contribution in [3.8, 4) is 11.1 Å². The number of halogens is 2. The highest BCUT2D eigenvalue weighted by Crippen LogP contribution is 2.36. The first kappa shape index (κ1) is 21.6. The molecule has 0 spiro atoms. The highest BCUT2D eigenvalue weighted by molar-refractivity contribution is 5.65. The summed E-state index contributed by atoms with van der Waals surface area (Å²) in [7, 11) is 0. The molecule has 0 amide bonds. The minimum atomic E-state index is -0.777. The van der Waals surface area contributed by atoms with Gasteiger partial charge in [-0.05, 0) is 54.0 Å². The first-order chi connectivity index (χ1) is 15.1. The zero-order valence-electron chi connectivity index (χ0n) is 18.2. The number of hydrogen-bond donors (Lipinski definition) is 0. The Kier molecular flexibility index (Phi) is 6.77. The van der Waals surface area contributed by atoms with E-state index in [2.05, 4.69) is 24.0 Å². The van der Waals surface area contributed by atoms with Crippen molar-refractivity contribution < 1.29 is 13.5 Å². The van der Waals surface area contributed by atoms with Gasteiger partial charge in [0.2, 0.25) is 0 Å². The molecular weight excluding hydrogens is 392 g/mol. The van der Waals surface area contributed by atoms with Crippen molar-refractivity contribution in [3.05, 3.63) is 88.7 Å². The lowest BCUT2D eigenvalue weighted by Gasteiger charge is -2.29. The molecule has 2 nitrogen and oxygen atoms in total. The minimum Gasteiger partial charge on any atom is -0.373 e. The predicted octanol–water partition coefficient (Wildman–Crippen LogP) is 7.18. The number of ether oxygens (including phenoxy) is 1. The summed E-state index contributed by atoms with van der Waals surface area (Å²) in [5.74, 6) is -1.20. The molecule has 0 saturated carbocycles. The first-order valence-corrected chi connectivity index (χ1v) is 11.2. The highest BCUT2D eigenvalue weighted by atomic mass is 19.2. The summed E-state index contributed by atoms with van der Waals surface area (Å²) in [5, 5.41) is 0. The average molecular weight is 422 g/mol. The van der Waals surface area contributed by atoms with Crippen LogP contribution >= 0.6 is 0 Å². The number of aromatic nitrogens is 1. The standard InChI is InChI=1S/C27H29F2NO/c1-3-5-18-6-14-24(30-16-18)22-12-15-25(31-17-22)21-9-7-20(8-10-21)23-13-11-19(4-2)26(28)27(23)29/h6-11,13-14,16,22,25H,3-5,12,15,17H2,1-2H3. The predicted molar refractivity (Wildman–Crippen MR) is 120 cm³/mol. The van der Waals surface area contributed by atoms with Crippen LogP contribution < -0.4 is 0 Å². The summed E-state index contributed by atoms with van der Waals surface area (Å²) in [5.41, 5.74) is 4.82. The van der Waals surface area contributed by atoms with Crippen molar-refractivity contribution >= 4 is 0 Å². The number of hydrogen-bond acceptors (Lipinski definition) is 2. The van der Waals surface area contributed by atoms with Crippen molar-refractivity contribution in [2.75, 3.05) is 6.61 Å². The van der Waals surface area contributed by atoms with Crippen LogP contribution in [0.5, 0.6) is 0 Å². The molecule has 2 atom stereocenters. The quantitative estimate of drug-likeness (QED) is 0.421. The van der Waals surface area contributed by atoms with Crippen molar-refractivity contribution in [1.29, 1.82) is 0 Å². The molecule has 3 aromatic rings. The van der Waals surface area contributed by atoms with Crippen LogP contribution in [0.15, 0.2) is 54.7 Å². The van der Waals surface area contributed by atoms with E-state index in [0.29, 0.717) is 35.6 Å². The molecule has 4 rings (SSSR count). The summed E-state index contributed by atoms with van der Waals surface area (Å²) in [6.07, 6.45) is 6.60. The Morgan fingerprint density at radius 2 is 1.74 bits per heavy atom. The van der Waals surface area contributed by atoms with E-state index < -0.39 is 11.6 Å². The van der Waals surface area contributed by atoms with Gasteiger partial charge in [0, 0.05) is 23.4 Å². The van der Waals surface area contributed by atoms with Crippen LogP contribution in [0, 0.1) is 11.6 Å². The molecule has 4 heteroatoms. The maximum atomic E-state index is 14.5. The Morgan fingerprint density at radius 3 is 2.35 bits per heavy atom. The molecule has 0 N–H and O–H groups in total. The fraction of sp³-hybridized carbons (Fsp3) is 0.370. The van der Waals surface area contributed by atoms with Crippen molar-refractivity contribution in [2.24, 2.45) is 0 Å². The molecule has 1 saturated heterocycles. The lowest BCUT2D eigenvalue weighted by atomic mass is 9.91. The maximum absolute atomic E-state index is 14.5. The summed E-state index contributed by atoms with van der Waals surface area (Å²) < 4.78 is 34.8. The van der Waals surface area contributed by atoms with Gasteiger partial charge in [-0.15, -0.1) is 0 Å². The van der Waals surface area contributed by atoms with Crippen molar-refractivity contribution in [1.82, 2.24) is 4.98 Å². The molecule has 1 aliphatic rings. The fourth-order valence-corrected chi connectivity index (χ4v) is 4.32. The molecule has 1 fully saturated rings. The normalized spacial score (nSPS) is 18.8. The molecule has 31 heavy (non-hydrogen) atoms. The molecule has 2 unspecified atom stereocenters. The van der Waals surface area contributed by atoms with Crippen molar-refractivity contribution in [2.45, 2.75) is 58.0 Å². The van der Waals surface area contributed by atoms with E-state index in [1.165, 1.54) is 5.56 Å². The Balaban J connectivity index is 1.41. The lowest BCUT2D eigenvalue weighted by molar-refractivity contribution is 0.00160. The second-order valence-corrected chi connectivity index (χ2v) is 8.31. The Bertz CT molecular complexity index is 1010. The zero-order valence-corrected chi connectivity index (χ0v) is 18.2. The SMILES string of the molecule is CCCc1ccc(C2CCC(c3ccc(-c4ccc(CC)c(F)c4F)cc3)OC2)nc1. The van der Waals surface area contributed by atoms with Crippen LogP contribution in [0.2, 0.25) is 0 Å². The summed E-state index contributed by atoms with van der Waals surface area (Å²) in [6, 6.07) is 15.2. The van der Waals surface area contributed by atoms with E-state index in [1.807, 2.05) is 37.4 Å². The highest BCUT2D eigenvalue weighted by Gasteiger charge is 2.25. The summed E-state index contributed by atoms with van der Waals surface area (Å²) in [6.45, 7) is 4.63. The Morgan fingerprint density at radius 1 is 0.935 bits per heavy atom. The van der Waals surface area contributed by atoms with Crippen LogP contribution in [-0.4, -0.2) is 11.6 Å². The molecule has 2 aromatic carbocycles.